The van der Waals surface area contributed by atoms with E-state index in [-0.39, 0.29) is 5.82 Å². The van der Waals surface area contributed by atoms with E-state index in [1.165, 1.54) is 6.07 Å². The fourth-order valence-corrected chi connectivity index (χ4v) is 1.72. The van der Waals surface area contributed by atoms with E-state index < -0.39 is 0 Å². The van der Waals surface area contributed by atoms with Crippen molar-refractivity contribution in [1.29, 1.82) is 0 Å². The molecule has 90 valence electrons. The predicted octanol–water partition coefficient (Wildman–Crippen LogP) is 2.95. The van der Waals surface area contributed by atoms with Crippen LogP contribution in [0.4, 0.5) is 10.4 Å². The molecule has 1 N–H and O–H groups in total. The van der Waals surface area contributed by atoms with Crippen LogP contribution in [-0.2, 0) is 12.8 Å². The molecule has 0 atom stereocenters. The Bertz CT molecular complexity index is 508. The maximum atomic E-state index is 13.4. The van der Waals surface area contributed by atoms with E-state index in [1.54, 1.807) is 19.2 Å². The second kappa shape index (κ2) is 4.99. The van der Waals surface area contributed by atoms with E-state index in [0.717, 1.165) is 11.5 Å². The van der Waals surface area contributed by atoms with Gasteiger partial charge in [0.05, 0.1) is 5.69 Å². The molecule has 0 spiro atoms. The Morgan fingerprint density at radius 2 is 2.06 bits per heavy atom. The molecule has 0 aliphatic rings. The summed E-state index contributed by atoms with van der Waals surface area (Å²) in [6, 6.07) is 7.31. The van der Waals surface area contributed by atoms with E-state index in [1.807, 2.05) is 13.0 Å². The summed E-state index contributed by atoms with van der Waals surface area (Å²) in [5, 5.41) is 2.85. The maximum Gasteiger partial charge on any atom is 0.294 e. The molecular weight excluding hydrogens is 219 g/mol. The lowest BCUT2D eigenvalue weighted by atomic mass is 10.1. The van der Waals surface area contributed by atoms with Crippen LogP contribution in [0.25, 0.3) is 0 Å². The number of aryl methyl sites for hydroxylation is 3. The number of benzene rings is 1. The topological polar surface area (TPSA) is 38.1 Å². The highest BCUT2D eigenvalue weighted by atomic mass is 19.1. The predicted molar refractivity (Wildman–Crippen MR) is 64.6 cm³/mol. The third-order valence-corrected chi connectivity index (χ3v) is 2.70. The van der Waals surface area contributed by atoms with Gasteiger partial charge in [0.2, 0.25) is 0 Å². The van der Waals surface area contributed by atoms with Crippen LogP contribution >= 0.6 is 0 Å². The van der Waals surface area contributed by atoms with Crippen LogP contribution in [0, 0.1) is 12.7 Å². The van der Waals surface area contributed by atoms with Gasteiger partial charge >= 0.3 is 0 Å². The van der Waals surface area contributed by atoms with Gasteiger partial charge in [-0.1, -0.05) is 18.2 Å². The van der Waals surface area contributed by atoms with Crippen molar-refractivity contribution in [1.82, 2.24) is 4.98 Å². The minimum absolute atomic E-state index is 0.164. The molecule has 0 radical (unpaired) electrons. The van der Waals surface area contributed by atoms with Crippen molar-refractivity contribution in [3.8, 4) is 0 Å². The molecule has 0 aliphatic heterocycles. The van der Waals surface area contributed by atoms with Gasteiger partial charge in [-0.25, -0.2) is 4.39 Å². The molecule has 4 heteroatoms. The van der Waals surface area contributed by atoms with Crippen molar-refractivity contribution in [2.75, 3.05) is 12.4 Å². The average Bonchev–Trinajstić information content (AvgIpc) is 2.69. The molecule has 0 unspecified atom stereocenters. The summed E-state index contributed by atoms with van der Waals surface area (Å²) in [7, 11) is 1.76. The third-order valence-electron chi connectivity index (χ3n) is 2.70. The first-order valence-electron chi connectivity index (χ1n) is 5.58. The van der Waals surface area contributed by atoms with Crippen LogP contribution in [0.3, 0.4) is 0 Å². The SMILES string of the molecule is CNc1nc(CCc2ccccc2F)c(C)o1. The van der Waals surface area contributed by atoms with Crippen LogP contribution in [0.5, 0.6) is 0 Å². The van der Waals surface area contributed by atoms with Gasteiger partial charge < -0.3 is 9.73 Å². The van der Waals surface area contributed by atoms with Crippen molar-refractivity contribution < 1.29 is 8.81 Å². The van der Waals surface area contributed by atoms with E-state index in [9.17, 15) is 4.39 Å². The van der Waals surface area contributed by atoms with Crippen LogP contribution in [-0.4, -0.2) is 12.0 Å². The Balaban J connectivity index is 2.07. The van der Waals surface area contributed by atoms with Gasteiger partial charge in [-0.2, -0.15) is 4.98 Å². The minimum Gasteiger partial charge on any atom is -0.429 e. The normalized spacial score (nSPS) is 10.5. The molecule has 1 aromatic heterocycles. The summed E-state index contributed by atoms with van der Waals surface area (Å²) in [6.45, 7) is 1.87. The lowest BCUT2D eigenvalue weighted by Gasteiger charge is -2.01. The summed E-state index contributed by atoms with van der Waals surface area (Å²) in [5.41, 5.74) is 1.58. The van der Waals surface area contributed by atoms with Crippen molar-refractivity contribution >= 4 is 6.01 Å². The molecule has 0 saturated heterocycles. The molecule has 2 rings (SSSR count). The smallest absolute Gasteiger partial charge is 0.294 e. The van der Waals surface area contributed by atoms with Crippen molar-refractivity contribution in [2.45, 2.75) is 19.8 Å². The summed E-state index contributed by atoms with van der Waals surface area (Å²) in [5.74, 6) is 0.619. The van der Waals surface area contributed by atoms with Crippen LogP contribution in [0.1, 0.15) is 17.0 Å². The summed E-state index contributed by atoms with van der Waals surface area (Å²) in [6.07, 6.45) is 1.31. The molecule has 1 aromatic carbocycles. The summed E-state index contributed by atoms with van der Waals surface area (Å²) >= 11 is 0. The third kappa shape index (κ3) is 2.64. The molecule has 0 bridgehead atoms. The number of oxazole rings is 1. The molecular formula is C13H15FN2O. The van der Waals surface area contributed by atoms with Crippen LogP contribution in [0.15, 0.2) is 28.7 Å². The molecule has 1 heterocycles. The van der Waals surface area contributed by atoms with Crippen LogP contribution < -0.4 is 5.32 Å². The zero-order valence-corrected chi connectivity index (χ0v) is 9.96. The molecule has 2 aromatic rings. The van der Waals surface area contributed by atoms with Gasteiger partial charge in [0.1, 0.15) is 11.6 Å². The quantitative estimate of drug-likeness (QED) is 0.883. The number of hydrogen-bond acceptors (Lipinski definition) is 3. The Morgan fingerprint density at radius 1 is 1.29 bits per heavy atom. The summed E-state index contributed by atoms with van der Waals surface area (Å²) in [4.78, 5) is 4.27. The zero-order chi connectivity index (χ0) is 12.3. The first-order valence-corrected chi connectivity index (χ1v) is 5.58. The van der Waals surface area contributed by atoms with Crippen LogP contribution in [0.2, 0.25) is 0 Å². The van der Waals surface area contributed by atoms with Gasteiger partial charge in [-0.05, 0) is 31.4 Å². The number of anilines is 1. The minimum atomic E-state index is -0.164. The van der Waals surface area contributed by atoms with Crippen molar-refractivity contribution in [2.24, 2.45) is 0 Å². The fraction of sp³-hybridized carbons (Fsp3) is 0.308. The number of hydrogen-bond donors (Lipinski definition) is 1. The highest BCUT2D eigenvalue weighted by molar-refractivity contribution is 5.25. The summed E-state index contributed by atoms with van der Waals surface area (Å²) < 4.78 is 18.8. The lowest BCUT2D eigenvalue weighted by molar-refractivity contribution is 0.540. The molecule has 0 amide bonds. The molecule has 0 aliphatic carbocycles. The monoisotopic (exact) mass is 234 g/mol. The van der Waals surface area contributed by atoms with Gasteiger partial charge in [0.15, 0.2) is 0 Å². The van der Waals surface area contributed by atoms with Gasteiger partial charge in [0, 0.05) is 7.05 Å². The number of nitrogens with zero attached hydrogens (tertiary/aromatic N) is 1. The number of halogens is 1. The van der Waals surface area contributed by atoms with E-state index in [4.69, 9.17) is 4.42 Å². The second-order valence-corrected chi connectivity index (χ2v) is 3.86. The number of nitrogens with one attached hydrogen (secondary N) is 1. The molecule has 17 heavy (non-hydrogen) atoms. The first-order chi connectivity index (χ1) is 8.20. The molecule has 0 saturated carbocycles. The van der Waals surface area contributed by atoms with E-state index in [0.29, 0.717) is 24.4 Å². The standard InChI is InChI=1S/C13H15FN2O/c1-9-12(16-13(15-2)17-9)8-7-10-5-3-4-6-11(10)14/h3-6H,7-8H2,1-2H3,(H,15,16). The zero-order valence-electron chi connectivity index (χ0n) is 9.96. The first kappa shape index (κ1) is 11.6. The Kier molecular flexibility index (Phi) is 3.42. The van der Waals surface area contributed by atoms with Crippen molar-refractivity contribution in [3.05, 3.63) is 47.1 Å². The number of aromatic nitrogens is 1. The average molecular weight is 234 g/mol. The second-order valence-electron chi connectivity index (χ2n) is 3.86. The molecule has 3 nitrogen and oxygen atoms in total. The van der Waals surface area contributed by atoms with E-state index in [2.05, 4.69) is 10.3 Å². The van der Waals surface area contributed by atoms with Gasteiger partial charge in [-0.3, -0.25) is 0 Å². The highest BCUT2D eigenvalue weighted by Gasteiger charge is 2.09. The highest BCUT2D eigenvalue weighted by Crippen LogP contribution is 2.16. The van der Waals surface area contributed by atoms with Gasteiger partial charge in [-0.15, -0.1) is 0 Å². The Hall–Kier alpha value is -1.84. The van der Waals surface area contributed by atoms with Crippen molar-refractivity contribution in [3.63, 3.8) is 0 Å². The largest absolute Gasteiger partial charge is 0.429 e. The maximum absolute atomic E-state index is 13.4. The lowest BCUT2D eigenvalue weighted by Crippen LogP contribution is -1.96. The Labute approximate surface area is 99.7 Å². The van der Waals surface area contributed by atoms with Gasteiger partial charge in [0.25, 0.3) is 6.01 Å². The Morgan fingerprint density at radius 3 is 2.71 bits per heavy atom. The fourth-order valence-electron chi connectivity index (χ4n) is 1.72. The van der Waals surface area contributed by atoms with E-state index >= 15 is 0 Å². The number of rotatable bonds is 4. The molecule has 0 fully saturated rings.